The minimum absolute atomic E-state index is 0.135. The van der Waals surface area contributed by atoms with E-state index in [1.165, 1.54) is 6.33 Å². The minimum Gasteiger partial charge on any atom is -0.364 e. The van der Waals surface area contributed by atoms with E-state index >= 15 is 0 Å². The van der Waals surface area contributed by atoms with Crippen LogP contribution in [-0.4, -0.2) is 22.2 Å². The number of alkyl halides is 1. The van der Waals surface area contributed by atoms with Crippen molar-refractivity contribution < 1.29 is 4.39 Å². The summed E-state index contributed by atoms with van der Waals surface area (Å²) in [5, 5.41) is 3.43. The van der Waals surface area contributed by atoms with Crippen LogP contribution >= 0.6 is 11.6 Å². The van der Waals surface area contributed by atoms with Crippen molar-refractivity contribution in [2.75, 3.05) is 5.32 Å². The molecular weight excluding hydrogens is 217 g/mol. The normalized spacial score (nSPS) is 26.3. The van der Waals surface area contributed by atoms with Crippen molar-refractivity contribution in [1.29, 1.82) is 0 Å². The third kappa shape index (κ3) is 2.78. The Morgan fingerprint density at radius 1 is 1.33 bits per heavy atom. The van der Waals surface area contributed by atoms with E-state index in [1.54, 1.807) is 6.07 Å². The summed E-state index contributed by atoms with van der Waals surface area (Å²) < 4.78 is 13.5. The maximum atomic E-state index is 13.5. The number of halogens is 2. The minimum atomic E-state index is -0.785. The number of rotatable bonds is 2. The first-order valence-corrected chi connectivity index (χ1v) is 5.51. The third-order valence-electron chi connectivity index (χ3n) is 2.65. The standard InChI is InChI=1S/C10H13ClFN3/c11-9-5-10(14-6-13-9)15-8-4-2-1-3-7(8)12/h5-8H,1-4H2,(H,13,14,15)/t7-,8-/m1/s1. The van der Waals surface area contributed by atoms with Crippen LogP contribution in [0.1, 0.15) is 25.7 Å². The van der Waals surface area contributed by atoms with Gasteiger partial charge in [0, 0.05) is 6.07 Å². The van der Waals surface area contributed by atoms with Crippen LogP contribution < -0.4 is 5.32 Å². The summed E-state index contributed by atoms with van der Waals surface area (Å²) in [6.45, 7) is 0. The van der Waals surface area contributed by atoms with Gasteiger partial charge in [0.1, 0.15) is 23.5 Å². The lowest BCUT2D eigenvalue weighted by atomic mass is 9.94. The van der Waals surface area contributed by atoms with Crippen LogP contribution in [0, 0.1) is 0 Å². The highest BCUT2D eigenvalue weighted by Gasteiger charge is 2.24. The van der Waals surface area contributed by atoms with Crippen molar-refractivity contribution in [3.8, 4) is 0 Å². The Hall–Kier alpha value is -0.900. The average molecular weight is 230 g/mol. The van der Waals surface area contributed by atoms with Crippen LogP contribution in [0.15, 0.2) is 12.4 Å². The molecule has 15 heavy (non-hydrogen) atoms. The maximum Gasteiger partial charge on any atom is 0.134 e. The lowest BCUT2D eigenvalue weighted by Crippen LogP contribution is -2.33. The molecule has 0 radical (unpaired) electrons. The molecule has 1 aliphatic carbocycles. The zero-order valence-corrected chi connectivity index (χ0v) is 9.04. The van der Waals surface area contributed by atoms with Crippen LogP contribution in [-0.2, 0) is 0 Å². The lowest BCUT2D eigenvalue weighted by Gasteiger charge is -2.26. The second kappa shape index (κ2) is 4.75. The first kappa shape index (κ1) is 10.6. The highest BCUT2D eigenvalue weighted by molar-refractivity contribution is 6.29. The topological polar surface area (TPSA) is 37.8 Å². The molecule has 1 aromatic rings. The van der Waals surface area contributed by atoms with Gasteiger partial charge < -0.3 is 5.32 Å². The van der Waals surface area contributed by atoms with Crippen molar-refractivity contribution in [2.45, 2.75) is 37.9 Å². The van der Waals surface area contributed by atoms with Crippen LogP contribution in [0.25, 0.3) is 0 Å². The summed E-state index contributed by atoms with van der Waals surface area (Å²) >= 11 is 5.71. The largest absolute Gasteiger partial charge is 0.364 e. The molecule has 2 atom stereocenters. The third-order valence-corrected chi connectivity index (χ3v) is 2.86. The Bertz CT molecular complexity index is 334. The van der Waals surface area contributed by atoms with Gasteiger partial charge in [0.05, 0.1) is 6.04 Å². The predicted molar refractivity (Wildman–Crippen MR) is 57.8 cm³/mol. The van der Waals surface area contributed by atoms with Crippen molar-refractivity contribution in [3.05, 3.63) is 17.5 Å². The van der Waals surface area contributed by atoms with Crippen LogP contribution in [0.3, 0.4) is 0 Å². The summed E-state index contributed by atoms with van der Waals surface area (Å²) in [7, 11) is 0. The second-order valence-corrected chi connectivity index (χ2v) is 4.16. The fourth-order valence-corrected chi connectivity index (χ4v) is 2.00. The number of nitrogens with zero attached hydrogens (tertiary/aromatic N) is 2. The summed E-state index contributed by atoms with van der Waals surface area (Å²) in [6.07, 6.45) is 4.12. The van der Waals surface area contributed by atoms with Gasteiger partial charge in [0.2, 0.25) is 0 Å². The molecule has 0 bridgehead atoms. The molecule has 0 aliphatic heterocycles. The van der Waals surface area contributed by atoms with E-state index in [0.717, 1.165) is 19.3 Å². The first-order valence-electron chi connectivity index (χ1n) is 5.14. The number of hydrogen-bond acceptors (Lipinski definition) is 3. The van der Waals surface area contributed by atoms with Gasteiger partial charge in [-0.05, 0) is 12.8 Å². The van der Waals surface area contributed by atoms with E-state index in [2.05, 4.69) is 15.3 Å². The van der Waals surface area contributed by atoms with Crippen molar-refractivity contribution in [3.63, 3.8) is 0 Å². The number of aromatic nitrogens is 2. The molecule has 1 N–H and O–H groups in total. The summed E-state index contributed by atoms with van der Waals surface area (Å²) in [6, 6.07) is 1.48. The summed E-state index contributed by atoms with van der Waals surface area (Å²) in [5.41, 5.74) is 0. The molecule has 0 aromatic carbocycles. The van der Waals surface area contributed by atoms with Gasteiger partial charge in [-0.2, -0.15) is 0 Å². The second-order valence-electron chi connectivity index (χ2n) is 3.78. The molecular formula is C10H13ClFN3. The van der Waals surface area contributed by atoms with Gasteiger partial charge >= 0.3 is 0 Å². The lowest BCUT2D eigenvalue weighted by molar-refractivity contribution is 0.229. The molecule has 1 aromatic heterocycles. The molecule has 1 fully saturated rings. The van der Waals surface area contributed by atoms with Crippen LogP contribution in [0.5, 0.6) is 0 Å². The Morgan fingerprint density at radius 2 is 2.13 bits per heavy atom. The Kier molecular flexibility index (Phi) is 3.36. The predicted octanol–water partition coefficient (Wildman–Crippen LogP) is 2.82. The zero-order chi connectivity index (χ0) is 10.7. The molecule has 5 heteroatoms. The molecule has 0 spiro atoms. The van der Waals surface area contributed by atoms with Gasteiger partial charge in [-0.15, -0.1) is 0 Å². The Balaban J connectivity index is 2.01. The van der Waals surface area contributed by atoms with E-state index in [9.17, 15) is 4.39 Å². The Labute approximate surface area is 93.1 Å². The van der Waals surface area contributed by atoms with E-state index < -0.39 is 6.17 Å². The van der Waals surface area contributed by atoms with Crippen molar-refractivity contribution >= 4 is 17.4 Å². The number of nitrogens with one attached hydrogen (secondary N) is 1. The fourth-order valence-electron chi connectivity index (χ4n) is 1.85. The first-order chi connectivity index (χ1) is 7.25. The van der Waals surface area contributed by atoms with Gasteiger partial charge in [-0.25, -0.2) is 14.4 Å². The van der Waals surface area contributed by atoms with E-state index in [1.807, 2.05) is 0 Å². The SMILES string of the molecule is F[C@@H]1CCCC[C@H]1Nc1cc(Cl)ncn1. The van der Waals surface area contributed by atoms with Gasteiger partial charge in [0.15, 0.2) is 0 Å². The summed E-state index contributed by atoms with van der Waals surface area (Å²) in [5.74, 6) is 0.601. The molecule has 0 unspecified atom stereocenters. The van der Waals surface area contributed by atoms with E-state index in [0.29, 0.717) is 17.4 Å². The number of anilines is 1. The smallest absolute Gasteiger partial charge is 0.134 e. The van der Waals surface area contributed by atoms with Crippen molar-refractivity contribution in [2.24, 2.45) is 0 Å². The van der Waals surface area contributed by atoms with Crippen molar-refractivity contribution in [1.82, 2.24) is 9.97 Å². The Morgan fingerprint density at radius 3 is 2.87 bits per heavy atom. The maximum absolute atomic E-state index is 13.5. The molecule has 3 nitrogen and oxygen atoms in total. The van der Waals surface area contributed by atoms with Gasteiger partial charge in [-0.1, -0.05) is 24.4 Å². The number of hydrogen-bond donors (Lipinski definition) is 1. The highest BCUT2D eigenvalue weighted by Crippen LogP contribution is 2.24. The fraction of sp³-hybridized carbons (Fsp3) is 0.600. The molecule has 0 amide bonds. The van der Waals surface area contributed by atoms with E-state index in [4.69, 9.17) is 11.6 Å². The average Bonchev–Trinajstić information content (AvgIpc) is 2.22. The molecule has 1 heterocycles. The molecule has 0 saturated heterocycles. The zero-order valence-electron chi connectivity index (χ0n) is 8.29. The highest BCUT2D eigenvalue weighted by atomic mass is 35.5. The molecule has 2 rings (SSSR count). The molecule has 1 saturated carbocycles. The molecule has 82 valence electrons. The summed E-state index contributed by atoms with van der Waals surface area (Å²) in [4.78, 5) is 7.77. The van der Waals surface area contributed by atoms with Gasteiger partial charge in [0.25, 0.3) is 0 Å². The van der Waals surface area contributed by atoms with Crippen LogP contribution in [0.2, 0.25) is 5.15 Å². The van der Waals surface area contributed by atoms with Crippen LogP contribution in [0.4, 0.5) is 10.2 Å². The van der Waals surface area contributed by atoms with Gasteiger partial charge in [-0.3, -0.25) is 0 Å². The van der Waals surface area contributed by atoms with E-state index in [-0.39, 0.29) is 6.04 Å². The molecule has 1 aliphatic rings. The quantitative estimate of drug-likeness (QED) is 0.793. The monoisotopic (exact) mass is 229 g/mol.